The van der Waals surface area contributed by atoms with Gasteiger partial charge >= 0.3 is 0 Å². The van der Waals surface area contributed by atoms with Crippen molar-refractivity contribution >= 4 is 54.0 Å². The van der Waals surface area contributed by atoms with Gasteiger partial charge in [0.25, 0.3) is 0 Å². The van der Waals surface area contributed by atoms with Crippen LogP contribution in [0.15, 0.2) is 60.7 Å². The van der Waals surface area contributed by atoms with Gasteiger partial charge in [0.15, 0.2) is 0 Å². The van der Waals surface area contributed by atoms with E-state index in [4.69, 9.17) is 13.0 Å². The fourth-order valence-electron chi connectivity index (χ4n) is 10.7. The van der Waals surface area contributed by atoms with Gasteiger partial charge in [-0.3, -0.25) is 0 Å². The highest BCUT2D eigenvalue weighted by Gasteiger charge is 2.62. The lowest BCUT2D eigenvalue weighted by Crippen LogP contribution is -2.65. The molecule has 2 atom stereocenters. The molecule has 0 aromatic heterocycles. The first-order valence-corrected chi connectivity index (χ1v) is 27.6. The van der Waals surface area contributed by atoms with Crippen LogP contribution in [0.3, 0.4) is 0 Å². The molecule has 0 spiro atoms. The summed E-state index contributed by atoms with van der Waals surface area (Å²) in [5.41, 5.74) is 14.7. The lowest BCUT2D eigenvalue weighted by atomic mass is 9.60. The molecule has 0 fully saturated rings. The van der Waals surface area contributed by atoms with Crippen molar-refractivity contribution in [2.75, 3.05) is 0 Å². The molecule has 3 aliphatic carbocycles. The van der Waals surface area contributed by atoms with Crippen molar-refractivity contribution < 1.29 is 13.0 Å². The molecule has 4 aromatic rings. The molecule has 0 saturated heterocycles. The van der Waals surface area contributed by atoms with Gasteiger partial charge in [-0.15, -0.1) is 0 Å². The summed E-state index contributed by atoms with van der Waals surface area (Å²) in [6.45, 7) is 19.6. The zero-order valence-electron chi connectivity index (χ0n) is 26.3. The number of fused-ring (bicyclic) bond motifs is 13. The number of hydrogen-bond donors (Lipinski definition) is 0. The van der Waals surface area contributed by atoms with Crippen LogP contribution in [-0.2, 0) is 13.0 Å². The van der Waals surface area contributed by atoms with Crippen LogP contribution >= 0.6 is 0 Å². The smallest absolute Gasteiger partial charge is 0.206 e. The van der Waals surface area contributed by atoms with Crippen molar-refractivity contribution in [3.8, 4) is 0 Å². The Bertz CT molecular complexity index is 1820. The summed E-state index contributed by atoms with van der Waals surface area (Å²) in [5, 5.41) is 6.40. The lowest BCUT2D eigenvalue weighted by Gasteiger charge is -2.43. The molecule has 2 unspecified atom stereocenters. The molecule has 4 heterocycles. The second kappa shape index (κ2) is 7.53. The van der Waals surface area contributed by atoms with Gasteiger partial charge in [0, 0.05) is 11.8 Å². The SMILES string of the molecule is C[Si]1(C)O[Si](C)(C)c2c1c1c(c3c2[Si](C)(C)O[Si]3(C)C)C2OC1c1cc3c(cc12)C1c2ccccc2C3c2ccccc21. The second-order valence-electron chi connectivity index (χ2n) is 15.7. The van der Waals surface area contributed by atoms with Gasteiger partial charge in [0.05, 0.1) is 0 Å². The van der Waals surface area contributed by atoms with E-state index < -0.39 is 33.3 Å². The van der Waals surface area contributed by atoms with Crippen LogP contribution < -0.4 is 20.7 Å². The maximum Gasteiger partial charge on any atom is 0.206 e. The van der Waals surface area contributed by atoms with E-state index in [-0.39, 0.29) is 24.0 Å². The van der Waals surface area contributed by atoms with Gasteiger partial charge in [-0.2, -0.15) is 0 Å². The van der Waals surface area contributed by atoms with E-state index in [1.165, 1.54) is 55.6 Å². The Kier molecular flexibility index (Phi) is 4.53. The van der Waals surface area contributed by atoms with Gasteiger partial charge in [-0.25, -0.2) is 0 Å². The van der Waals surface area contributed by atoms with Crippen molar-refractivity contribution in [3.05, 3.63) is 116 Å². The van der Waals surface area contributed by atoms with Crippen LogP contribution in [0.1, 0.15) is 79.7 Å². The zero-order valence-corrected chi connectivity index (χ0v) is 30.3. The molecule has 7 heteroatoms. The van der Waals surface area contributed by atoms with Crippen molar-refractivity contribution in [2.24, 2.45) is 0 Å². The Balaban J connectivity index is 1.27. The Hall–Kier alpha value is -2.37. The highest BCUT2D eigenvalue weighted by atomic mass is 28.4. The predicted molar refractivity (Wildman–Crippen MR) is 183 cm³/mol. The first-order valence-electron chi connectivity index (χ1n) is 16.0. The maximum atomic E-state index is 7.23. The van der Waals surface area contributed by atoms with Gasteiger partial charge in [-0.05, 0) is 129 Å². The van der Waals surface area contributed by atoms with Gasteiger partial charge in [0.2, 0.25) is 33.3 Å². The van der Waals surface area contributed by atoms with E-state index in [1.807, 2.05) is 0 Å². The summed E-state index contributed by atoms with van der Waals surface area (Å²) in [7, 11) is -8.47. The number of ether oxygens (including phenoxy) is 1. The van der Waals surface area contributed by atoms with Crippen molar-refractivity contribution in [1.29, 1.82) is 0 Å². The third-order valence-corrected chi connectivity index (χ3v) is 27.3. The summed E-state index contributed by atoms with van der Waals surface area (Å²) < 4.78 is 21.7. The molecule has 43 heavy (non-hydrogen) atoms. The van der Waals surface area contributed by atoms with E-state index in [9.17, 15) is 0 Å². The topological polar surface area (TPSA) is 27.7 Å². The van der Waals surface area contributed by atoms with Gasteiger partial charge in [-0.1, -0.05) is 60.7 Å². The average Bonchev–Trinajstić information content (AvgIpc) is 3.60. The zero-order chi connectivity index (χ0) is 29.6. The molecule has 216 valence electrons. The van der Waals surface area contributed by atoms with E-state index >= 15 is 0 Å². The van der Waals surface area contributed by atoms with Crippen LogP contribution in [0, 0.1) is 0 Å². The molecule has 11 rings (SSSR count). The van der Waals surface area contributed by atoms with Crippen LogP contribution in [0.5, 0.6) is 0 Å². The predicted octanol–water partition coefficient (Wildman–Crippen LogP) is 5.91. The second-order valence-corrected chi connectivity index (χ2v) is 31.4. The first-order chi connectivity index (χ1) is 20.3. The minimum atomic E-state index is -2.14. The molecule has 4 bridgehead atoms. The van der Waals surface area contributed by atoms with Gasteiger partial charge < -0.3 is 13.0 Å². The maximum absolute atomic E-state index is 7.23. The molecule has 0 amide bonds. The fraction of sp³-hybridized carbons (Fsp3) is 0.333. The largest absolute Gasteiger partial charge is 0.449 e. The van der Waals surface area contributed by atoms with Crippen LogP contribution in [0.4, 0.5) is 0 Å². The molecular weight excluding hydrogens is 593 g/mol. The summed E-state index contributed by atoms with van der Waals surface area (Å²) in [5.74, 6) is 0.572. The molecule has 0 N–H and O–H groups in total. The molecular formula is C36H38O3Si4. The minimum Gasteiger partial charge on any atom is -0.449 e. The normalized spacial score (nSPS) is 28.9. The molecule has 0 saturated carbocycles. The monoisotopic (exact) mass is 630 g/mol. The summed E-state index contributed by atoms with van der Waals surface area (Å²) in [4.78, 5) is 0. The van der Waals surface area contributed by atoms with Crippen LogP contribution in [-0.4, -0.2) is 33.3 Å². The quantitative estimate of drug-likeness (QED) is 0.196. The van der Waals surface area contributed by atoms with Crippen molar-refractivity contribution in [2.45, 2.75) is 76.4 Å². The van der Waals surface area contributed by atoms with E-state index in [1.54, 1.807) is 20.7 Å². The highest BCUT2D eigenvalue weighted by Crippen LogP contribution is 2.60. The lowest BCUT2D eigenvalue weighted by molar-refractivity contribution is 0.0862. The van der Waals surface area contributed by atoms with Crippen LogP contribution in [0.25, 0.3) is 0 Å². The average molecular weight is 631 g/mol. The Morgan fingerprint density at radius 3 is 1.09 bits per heavy atom. The molecule has 0 radical (unpaired) electrons. The summed E-state index contributed by atoms with van der Waals surface area (Å²) in [6.07, 6.45) is -0.00232. The number of hydrogen-bond acceptors (Lipinski definition) is 3. The molecule has 3 nitrogen and oxygen atoms in total. The van der Waals surface area contributed by atoms with E-state index in [2.05, 4.69) is 113 Å². The Labute approximate surface area is 258 Å². The van der Waals surface area contributed by atoms with Crippen molar-refractivity contribution in [3.63, 3.8) is 0 Å². The van der Waals surface area contributed by atoms with Crippen LogP contribution in [0.2, 0.25) is 52.4 Å². The molecule has 4 aromatic carbocycles. The van der Waals surface area contributed by atoms with E-state index in [0.29, 0.717) is 0 Å². The van der Waals surface area contributed by atoms with Gasteiger partial charge in [0.1, 0.15) is 12.2 Å². The Morgan fingerprint density at radius 2 is 0.744 bits per heavy atom. The third kappa shape index (κ3) is 2.88. The molecule has 4 aliphatic heterocycles. The standard InChI is InChI=1S/C36H38O3Si4/c1-40(2)33-29-30(34-36(35(33)42(5,6)38-40)43(7,8)39-41(34,3)4)32-26-18-24-23(17-25(26)31(29)37-32)27-19-13-9-11-15-21(19)28(24)22-16-12-10-14-20(22)27/h9-18,27-28,31-32H,1-8H3. The number of rotatable bonds is 0. The van der Waals surface area contributed by atoms with Crippen molar-refractivity contribution in [1.82, 2.24) is 0 Å². The fourth-order valence-corrected chi connectivity index (χ4v) is 34.4. The third-order valence-electron chi connectivity index (χ3n) is 11.5. The molecule has 7 aliphatic rings. The minimum absolute atomic E-state index is 0.00116. The Morgan fingerprint density at radius 1 is 0.419 bits per heavy atom. The summed E-state index contributed by atoms with van der Waals surface area (Å²) >= 11 is 0. The first kappa shape index (κ1) is 25.9. The highest BCUT2D eigenvalue weighted by molar-refractivity contribution is 7.14. The summed E-state index contributed by atoms with van der Waals surface area (Å²) in [6, 6.07) is 23.5. The van der Waals surface area contributed by atoms with E-state index in [0.717, 1.165) is 0 Å². The number of benzene rings is 4.